The van der Waals surface area contributed by atoms with Gasteiger partial charge >= 0.3 is 0 Å². The first-order valence-corrected chi connectivity index (χ1v) is 14.6. The topological polar surface area (TPSA) is 148 Å². The highest BCUT2D eigenvalue weighted by Gasteiger charge is 2.40. The molecular weight excluding hydrogens is 572 g/mol. The molecule has 2 aliphatic rings. The molecule has 3 aromatic rings. The zero-order chi connectivity index (χ0) is 30.5. The Hall–Kier alpha value is -4.32. The monoisotopic (exact) mass is 606 g/mol. The largest absolute Gasteiger partial charge is 0.504 e. The van der Waals surface area contributed by atoms with E-state index in [4.69, 9.17) is 21.3 Å². The van der Waals surface area contributed by atoms with Crippen molar-refractivity contribution in [2.24, 2.45) is 4.99 Å². The number of halogens is 1. The number of aliphatic imine (C=N–C) groups is 1. The Morgan fingerprint density at radius 1 is 1.02 bits per heavy atom. The van der Waals surface area contributed by atoms with Crippen molar-refractivity contribution in [3.05, 3.63) is 76.8 Å². The summed E-state index contributed by atoms with van der Waals surface area (Å²) in [6, 6.07) is 17.0. The SMILES string of the molecule is CCNC(=O)CC1N=C(c2ccc(Cl)cc2)c2cc(OCCCC(=O)Nc3ccc(O)c(O)c3)ccc2N2C(C)NNC12. The molecule has 0 aromatic heterocycles. The maximum Gasteiger partial charge on any atom is 0.224 e. The number of rotatable bonds is 10. The van der Waals surface area contributed by atoms with E-state index in [2.05, 4.69) is 26.4 Å². The molecule has 0 bridgehead atoms. The Balaban J connectivity index is 1.36. The lowest BCUT2D eigenvalue weighted by Crippen LogP contribution is -2.47. The zero-order valence-electron chi connectivity index (χ0n) is 23.9. The smallest absolute Gasteiger partial charge is 0.224 e. The van der Waals surface area contributed by atoms with Gasteiger partial charge in [-0.3, -0.25) is 14.6 Å². The van der Waals surface area contributed by atoms with Gasteiger partial charge in [0.2, 0.25) is 11.8 Å². The molecule has 11 nitrogen and oxygen atoms in total. The first-order valence-electron chi connectivity index (χ1n) is 14.2. The number of anilines is 2. The molecule has 3 aromatic carbocycles. The fourth-order valence-electron chi connectivity index (χ4n) is 5.25. The van der Waals surface area contributed by atoms with Gasteiger partial charge in [-0.1, -0.05) is 23.7 Å². The fraction of sp³-hybridized carbons (Fsp3) is 0.323. The lowest BCUT2D eigenvalue weighted by Gasteiger charge is -2.31. The van der Waals surface area contributed by atoms with Gasteiger partial charge in [-0.15, -0.1) is 0 Å². The number of benzene rings is 3. The van der Waals surface area contributed by atoms with E-state index in [0.717, 1.165) is 22.5 Å². The van der Waals surface area contributed by atoms with Gasteiger partial charge < -0.3 is 30.5 Å². The standard InChI is InChI=1S/C31H35ClN6O5/c1-3-33-29(42)17-24-31-37-36-18(2)38(31)25-12-11-22(16-23(25)30(35-24)19-6-8-20(32)9-7-19)43-14-4-5-28(41)34-21-10-13-26(39)27(40)15-21/h6-13,15-16,18,24,31,36-37,39-40H,3-5,14,17H2,1-2H3,(H,33,42)(H,34,41). The molecule has 3 atom stereocenters. The quantitative estimate of drug-likeness (QED) is 0.116. The molecule has 1 fully saturated rings. The van der Waals surface area contributed by atoms with Gasteiger partial charge in [0.05, 0.1) is 30.9 Å². The number of phenolic OH excluding ortho intramolecular Hbond substituents is 2. The number of nitrogens with one attached hydrogen (secondary N) is 4. The van der Waals surface area contributed by atoms with Crippen LogP contribution in [0.2, 0.25) is 5.02 Å². The third-order valence-corrected chi connectivity index (χ3v) is 7.53. The summed E-state index contributed by atoms with van der Waals surface area (Å²) in [6.45, 7) is 4.77. The van der Waals surface area contributed by atoms with Crippen molar-refractivity contribution in [2.75, 3.05) is 23.4 Å². The van der Waals surface area contributed by atoms with E-state index < -0.39 is 0 Å². The number of ether oxygens (including phenoxy) is 1. The normalized spacial score (nSPS) is 19.1. The van der Waals surface area contributed by atoms with Crippen LogP contribution >= 0.6 is 11.6 Å². The Morgan fingerprint density at radius 2 is 1.81 bits per heavy atom. The molecule has 2 heterocycles. The van der Waals surface area contributed by atoms with Gasteiger partial charge in [-0.2, -0.15) is 0 Å². The number of aromatic hydroxyl groups is 2. The molecule has 0 saturated carbocycles. The van der Waals surface area contributed by atoms with E-state index >= 15 is 0 Å². The molecule has 1 saturated heterocycles. The highest BCUT2D eigenvalue weighted by atomic mass is 35.5. The van der Waals surface area contributed by atoms with Crippen molar-refractivity contribution in [3.63, 3.8) is 0 Å². The molecular formula is C31H35ClN6O5. The van der Waals surface area contributed by atoms with Crippen LogP contribution in [0.25, 0.3) is 0 Å². The van der Waals surface area contributed by atoms with Crippen molar-refractivity contribution in [1.82, 2.24) is 16.2 Å². The van der Waals surface area contributed by atoms with Crippen LogP contribution in [-0.4, -0.2) is 59.3 Å². The van der Waals surface area contributed by atoms with Gasteiger partial charge in [0.1, 0.15) is 11.9 Å². The summed E-state index contributed by atoms with van der Waals surface area (Å²) >= 11 is 6.20. The molecule has 6 N–H and O–H groups in total. The van der Waals surface area contributed by atoms with Crippen molar-refractivity contribution in [1.29, 1.82) is 0 Å². The number of hydrogen-bond acceptors (Lipinski definition) is 9. The maximum atomic E-state index is 12.7. The lowest BCUT2D eigenvalue weighted by molar-refractivity contribution is -0.121. The van der Waals surface area contributed by atoms with Crippen LogP contribution in [-0.2, 0) is 9.59 Å². The summed E-state index contributed by atoms with van der Waals surface area (Å²) < 4.78 is 6.07. The van der Waals surface area contributed by atoms with Gasteiger partial charge in [0.15, 0.2) is 11.5 Å². The second kappa shape index (κ2) is 13.3. The summed E-state index contributed by atoms with van der Waals surface area (Å²) in [7, 11) is 0. The number of phenols is 2. The first-order chi connectivity index (χ1) is 20.7. The predicted molar refractivity (Wildman–Crippen MR) is 166 cm³/mol. The number of nitrogens with zero attached hydrogens (tertiary/aromatic N) is 2. The van der Waals surface area contributed by atoms with Gasteiger partial charge in [0.25, 0.3) is 0 Å². The van der Waals surface area contributed by atoms with E-state index in [0.29, 0.717) is 36.0 Å². The van der Waals surface area contributed by atoms with Crippen molar-refractivity contribution >= 4 is 40.5 Å². The van der Waals surface area contributed by atoms with Gasteiger partial charge in [-0.05, 0) is 62.7 Å². The molecule has 0 radical (unpaired) electrons. The summed E-state index contributed by atoms with van der Waals surface area (Å²) in [6.07, 6.45) is 0.536. The van der Waals surface area contributed by atoms with E-state index in [-0.39, 0.29) is 54.5 Å². The van der Waals surface area contributed by atoms with Crippen molar-refractivity contribution < 1.29 is 24.5 Å². The Kier molecular flexibility index (Phi) is 9.34. The van der Waals surface area contributed by atoms with E-state index in [1.165, 1.54) is 18.2 Å². The van der Waals surface area contributed by atoms with E-state index in [1.54, 1.807) is 0 Å². The van der Waals surface area contributed by atoms with Gasteiger partial charge in [-0.25, -0.2) is 10.9 Å². The Labute approximate surface area is 254 Å². The highest BCUT2D eigenvalue weighted by molar-refractivity contribution is 6.30. The summed E-state index contributed by atoms with van der Waals surface area (Å²) in [5.74, 6) is -0.247. The fourth-order valence-corrected chi connectivity index (χ4v) is 5.38. The molecule has 43 heavy (non-hydrogen) atoms. The number of hydrogen-bond donors (Lipinski definition) is 6. The number of amides is 2. The average molecular weight is 607 g/mol. The Bertz CT molecular complexity index is 1520. The average Bonchev–Trinajstić information content (AvgIpc) is 3.30. The Morgan fingerprint density at radius 3 is 2.56 bits per heavy atom. The van der Waals surface area contributed by atoms with Crippen LogP contribution in [0.4, 0.5) is 11.4 Å². The summed E-state index contributed by atoms with van der Waals surface area (Å²) in [4.78, 5) is 32.4. The van der Waals surface area contributed by atoms with E-state index in [9.17, 15) is 19.8 Å². The summed E-state index contributed by atoms with van der Waals surface area (Å²) in [5, 5.41) is 25.3. The lowest BCUT2D eigenvalue weighted by atomic mass is 9.99. The van der Waals surface area contributed by atoms with Crippen LogP contribution in [0.3, 0.4) is 0 Å². The minimum absolute atomic E-state index is 0.0685. The van der Waals surface area contributed by atoms with Crippen LogP contribution < -0.4 is 31.1 Å². The predicted octanol–water partition coefficient (Wildman–Crippen LogP) is 3.88. The third kappa shape index (κ3) is 7.02. The van der Waals surface area contributed by atoms with Crippen LogP contribution in [0.5, 0.6) is 17.2 Å². The molecule has 0 spiro atoms. The molecule has 2 amide bonds. The number of hydrazine groups is 1. The second-order valence-corrected chi connectivity index (χ2v) is 10.8. The first kappa shape index (κ1) is 30.1. The minimum atomic E-state index is -0.388. The number of fused-ring (bicyclic) bond motifs is 3. The van der Waals surface area contributed by atoms with Crippen molar-refractivity contribution in [3.8, 4) is 17.2 Å². The van der Waals surface area contributed by atoms with Gasteiger partial charge in [0, 0.05) is 46.6 Å². The summed E-state index contributed by atoms with van der Waals surface area (Å²) in [5.41, 5.74) is 10.4. The number of carbonyl (C=O) groups excluding carboxylic acids is 2. The maximum absolute atomic E-state index is 12.7. The van der Waals surface area contributed by atoms with Crippen molar-refractivity contribution in [2.45, 2.75) is 51.5 Å². The zero-order valence-corrected chi connectivity index (χ0v) is 24.7. The van der Waals surface area contributed by atoms with E-state index in [1.807, 2.05) is 56.3 Å². The molecule has 2 aliphatic heterocycles. The molecule has 226 valence electrons. The van der Waals surface area contributed by atoms with Crippen LogP contribution in [0.15, 0.2) is 65.7 Å². The van der Waals surface area contributed by atoms with Crippen LogP contribution in [0.1, 0.15) is 44.2 Å². The minimum Gasteiger partial charge on any atom is -0.504 e. The third-order valence-electron chi connectivity index (χ3n) is 7.28. The number of carbonyl (C=O) groups is 2. The highest BCUT2D eigenvalue weighted by Crippen LogP contribution is 2.36. The molecule has 5 rings (SSSR count). The molecule has 12 heteroatoms. The second-order valence-electron chi connectivity index (χ2n) is 10.4. The van der Waals surface area contributed by atoms with Crippen LogP contribution in [0, 0.1) is 0 Å². The molecule has 3 unspecified atom stereocenters. The molecule has 0 aliphatic carbocycles.